The van der Waals surface area contributed by atoms with Gasteiger partial charge in [0, 0.05) is 31.1 Å². The average molecular weight is 420 g/mol. The lowest BCUT2D eigenvalue weighted by atomic mass is 10.1. The second-order valence-corrected chi connectivity index (χ2v) is 7.55. The zero-order valence-corrected chi connectivity index (χ0v) is 17.5. The normalized spacial score (nSPS) is 18.2. The molecule has 1 atom stereocenters. The molecule has 2 aliphatic rings. The highest BCUT2D eigenvalue weighted by Crippen LogP contribution is 2.34. The van der Waals surface area contributed by atoms with Crippen LogP contribution in [0.4, 0.5) is 17.1 Å². The van der Waals surface area contributed by atoms with Crippen LogP contribution in [0.15, 0.2) is 53.6 Å². The molecular weight excluding hydrogens is 396 g/mol. The van der Waals surface area contributed by atoms with Gasteiger partial charge in [-0.05, 0) is 37.6 Å². The number of benzene rings is 2. The van der Waals surface area contributed by atoms with E-state index in [1.54, 1.807) is 28.1 Å². The largest absolute Gasteiger partial charge is 0.494 e. The fourth-order valence-corrected chi connectivity index (χ4v) is 3.87. The van der Waals surface area contributed by atoms with Crippen LogP contribution < -0.4 is 20.0 Å². The Morgan fingerprint density at radius 3 is 2.58 bits per heavy atom. The molecule has 2 aromatic rings. The molecule has 8 heteroatoms. The predicted octanol–water partition coefficient (Wildman–Crippen LogP) is 2.98. The van der Waals surface area contributed by atoms with E-state index >= 15 is 0 Å². The number of methoxy groups -OCH3 is 1. The molecule has 160 valence electrons. The van der Waals surface area contributed by atoms with Gasteiger partial charge in [-0.25, -0.2) is 0 Å². The van der Waals surface area contributed by atoms with Crippen molar-refractivity contribution in [3.05, 3.63) is 48.5 Å². The lowest BCUT2D eigenvalue weighted by Gasteiger charge is -2.20. The van der Waals surface area contributed by atoms with Crippen molar-refractivity contribution < 1.29 is 19.1 Å². The van der Waals surface area contributed by atoms with Crippen LogP contribution in [0.2, 0.25) is 0 Å². The number of Topliss-reactive ketones (excluding diaryl/α,β-unsaturated/α-hetero) is 1. The number of nitrogens with one attached hydrogen (secondary N) is 1. The Morgan fingerprint density at radius 2 is 1.94 bits per heavy atom. The van der Waals surface area contributed by atoms with Crippen LogP contribution >= 0.6 is 0 Å². The number of nitrogens with zero attached hydrogens (tertiary/aromatic N) is 3. The molecule has 0 spiro atoms. The second kappa shape index (κ2) is 8.59. The van der Waals surface area contributed by atoms with Gasteiger partial charge in [-0.2, -0.15) is 5.10 Å². The van der Waals surface area contributed by atoms with Crippen molar-refractivity contribution in [3.8, 4) is 5.75 Å². The molecule has 0 saturated carbocycles. The molecule has 2 heterocycles. The quantitative estimate of drug-likeness (QED) is 0.776. The number of para-hydroxylation sites is 1. The molecular formula is C23H24N4O4. The summed E-state index contributed by atoms with van der Waals surface area (Å²) in [5.41, 5.74) is 2.25. The number of carbonyl (C=O) groups is 3. The fourth-order valence-electron chi connectivity index (χ4n) is 3.87. The molecule has 0 bridgehead atoms. The van der Waals surface area contributed by atoms with Crippen LogP contribution in [0.3, 0.4) is 0 Å². The van der Waals surface area contributed by atoms with Crippen LogP contribution in [0.25, 0.3) is 0 Å². The molecule has 31 heavy (non-hydrogen) atoms. The topological polar surface area (TPSA) is 91.3 Å². The minimum absolute atomic E-state index is 0.0586. The van der Waals surface area contributed by atoms with Gasteiger partial charge in [0.1, 0.15) is 17.5 Å². The molecule has 1 N–H and O–H groups in total. The molecule has 1 unspecified atom stereocenters. The van der Waals surface area contributed by atoms with Gasteiger partial charge in [0.05, 0.1) is 18.5 Å². The van der Waals surface area contributed by atoms with E-state index in [2.05, 4.69) is 10.4 Å². The number of hydrogen-bond acceptors (Lipinski definition) is 6. The Bertz CT molecular complexity index is 1050. The van der Waals surface area contributed by atoms with Crippen molar-refractivity contribution in [2.75, 3.05) is 28.9 Å². The van der Waals surface area contributed by atoms with Crippen molar-refractivity contribution in [2.24, 2.45) is 5.10 Å². The Hall–Kier alpha value is -3.68. The third-order valence-corrected chi connectivity index (χ3v) is 5.46. The fraction of sp³-hybridized carbons (Fsp3) is 0.304. The van der Waals surface area contributed by atoms with Gasteiger partial charge in [0.2, 0.25) is 5.91 Å². The van der Waals surface area contributed by atoms with Gasteiger partial charge in [0.25, 0.3) is 5.91 Å². The molecule has 2 aliphatic heterocycles. The third kappa shape index (κ3) is 4.14. The molecule has 1 fully saturated rings. The van der Waals surface area contributed by atoms with Crippen molar-refractivity contribution in [1.82, 2.24) is 0 Å². The molecule has 4 rings (SSSR count). The van der Waals surface area contributed by atoms with Crippen molar-refractivity contribution in [1.29, 1.82) is 0 Å². The number of carbonyl (C=O) groups excluding carboxylic acids is 3. The first kappa shape index (κ1) is 20.6. The zero-order valence-electron chi connectivity index (χ0n) is 17.5. The summed E-state index contributed by atoms with van der Waals surface area (Å²) in [6.07, 6.45) is 1.57. The van der Waals surface area contributed by atoms with Gasteiger partial charge in [0.15, 0.2) is 5.78 Å². The van der Waals surface area contributed by atoms with Crippen LogP contribution in [0, 0.1) is 0 Å². The number of ketones is 1. The number of hydrazone groups is 1. The minimum Gasteiger partial charge on any atom is -0.494 e. The Labute approximate surface area is 180 Å². The van der Waals surface area contributed by atoms with Crippen LogP contribution in [0.5, 0.6) is 5.75 Å². The summed E-state index contributed by atoms with van der Waals surface area (Å²) in [6.45, 7) is 2.15. The van der Waals surface area contributed by atoms with Crippen molar-refractivity contribution >= 4 is 40.4 Å². The molecule has 2 aromatic carbocycles. The predicted molar refractivity (Wildman–Crippen MR) is 119 cm³/mol. The summed E-state index contributed by atoms with van der Waals surface area (Å²) in [4.78, 5) is 38.8. The van der Waals surface area contributed by atoms with E-state index in [1.165, 1.54) is 14.0 Å². The highest BCUT2D eigenvalue weighted by Gasteiger charge is 2.34. The summed E-state index contributed by atoms with van der Waals surface area (Å²) < 4.78 is 5.45. The van der Waals surface area contributed by atoms with Gasteiger partial charge in [-0.1, -0.05) is 18.2 Å². The summed E-state index contributed by atoms with van der Waals surface area (Å²) in [7, 11) is 1.53. The van der Waals surface area contributed by atoms with Crippen LogP contribution in [0.1, 0.15) is 26.2 Å². The summed E-state index contributed by atoms with van der Waals surface area (Å²) >= 11 is 0. The average Bonchev–Trinajstić information content (AvgIpc) is 3.41. The minimum atomic E-state index is -0.513. The third-order valence-electron chi connectivity index (χ3n) is 5.46. The van der Waals surface area contributed by atoms with Crippen molar-refractivity contribution in [3.63, 3.8) is 0 Å². The Morgan fingerprint density at radius 1 is 1.16 bits per heavy atom. The molecule has 0 aromatic heterocycles. The Kier molecular flexibility index (Phi) is 5.70. The van der Waals surface area contributed by atoms with Gasteiger partial charge < -0.3 is 15.0 Å². The smallest absolute Gasteiger partial charge is 0.271 e. The lowest BCUT2D eigenvalue weighted by Crippen LogP contribution is -2.33. The first-order valence-corrected chi connectivity index (χ1v) is 10.2. The van der Waals surface area contributed by atoms with Gasteiger partial charge >= 0.3 is 0 Å². The number of ether oxygens (including phenoxy) is 1. The molecule has 0 aliphatic carbocycles. The maximum Gasteiger partial charge on any atom is 0.271 e. The summed E-state index contributed by atoms with van der Waals surface area (Å²) in [5.74, 6) is 0.133. The van der Waals surface area contributed by atoms with E-state index < -0.39 is 6.04 Å². The SMILES string of the molecule is COc1cc(NC(=O)C2=NN(c3ccccc3)C(C(C)=O)C2)ccc1N1CCCC1=O. The summed E-state index contributed by atoms with van der Waals surface area (Å²) in [5, 5.41) is 8.85. The maximum absolute atomic E-state index is 12.9. The van der Waals surface area contributed by atoms with E-state index in [0.29, 0.717) is 30.1 Å². The molecule has 8 nitrogen and oxygen atoms in total. The van der Waals surface area contributed by atoms with E-state index in [-0.39, 0.29) is 29.7 Å². The highest BCUT2D eigenvalue weighted by atomic mass is 16.5. The standard InChI is InChI=1S/C23H24N4O4/c1-15(28)20-14-18(25-27(20)17-7-4-3-5-8-17)23(30)24-16-10-11-19(21(13-16)31-2)26-12-6-9-22(26)29/h3-5,7-8,10-11,13,20H,6,9,12,14H2,1-2H3,(H,24,30). The lowest BCUT2D eigenvalue weighted by molar-refractivity contribution is -0.118. The van der Waals surface area contributed by atoms with E-state index in [4.69, 9.17) is 4.74 Å². The second-order valence-electron chi connectivity index (χ2n) is 7.55. The number of anilines is 3. The summed E-state index contributed by atoms with van der Waals surface area (Å²) in [6, 6.07) is 14.0. The van der Waals surface area contributed by atoms with Crippen molar-refractivity contribution in [2.45, 2.75) is 32.2 Å². The zero-order chi connectivity index (χ0) is 22.0. The van der Waals surface area contributed by atoms with E-state index in [9.17, 15) is 14.4 Å². The highest BCUT2D eigenvalue weighted by molar-refractivity contribution is 6.44. The molecule has 0 radical (unpaired) electrons. The number of amides is 2. The monoisotopic (exact) mass is 420 g/mol. The molecule has 2 amide bonds. The number of hydrogen-bond donors (Lipinski definition) is 1. The number of rotatable bonds is 6. The molecule has 1 saturated heterocycles. The van der Waals surface area contributed by atoms with Crippen LogP contribution in [-0.4, -0.2) is 43.0 Å². The first-order chi connectivity index (χ1) is 15.0. The first-order valence-electron chi connectivity index (χ1n) is 10.2. The van der Waals surface area contributed by atoms with Gasteiger partial charge in [-0.3, -0.25) is 19.4 Å². The van der Waals surface area contributed by atoms with Gasteiger partial charge in [-0.15, -0.1) is 0 Å². The van der Waals surface area contributed by atoms with Crippen LogP contribution in [-0.2, 0) is 14.4 Å². The van der Waals surface area contributed by atoms with E-state index in [1.807, 2.05) is 30.3 Å². The maximum atomic E-state index is 12.9. The van der Waals surface area contributed by atoms with E-state index in [0.717, 1.165) is 12.1 Å². The Balaban J connectivity index is 1.54.